The third kappa shape index (κ3) is 3.84. The average Bonchev–Trinajstić information content (AvgIpc) is 3.30. The van der Waals surface area contributed by atoms with E-state index >= 15 is 0 Å². The van der Waals surface area contributed by atoms with Crippen molar-refractivity contribution in [1.82, 2.24) is 5.32 Å². The molecule has 0 spiro atoms. The molecule has 0 radical (unpaired) electrons. The Morgan fingerprint density at radius 3 is 2.55 bits per heavy atom. The molecule has 1 saturated carbocycles. The summed E-state index contributed by atoms with van der Waals surface area (Å²) in [5.41, 5.74) is 2.41. The van der Waals surface area contributed by atoms with E-state index in [1.54, 1.807) is 0 Å². The Kier molecular flexibility index (Phi) is 4.38. The van der Waals surface area contributed by atoms with Crippen LogP contribution in [0.4, 0.5) is 0 Å². The number of benzene rings is 2. The Morgan fingerprint density at radius 1 is 1.05 bits per heavy atom. The maximum absolute atomic E-state index is 5.96. The lowest BCUT2D eigenvalue weighted by Gasteiger charge is -2.12. The topological polar surface area (TPSA) is 21.3 Å². The molecule has 0 aromatic heterocycles. The number of hydrogen-bond acceptors (Lipinski definition) is 2. The van der Waals surface area contributed by atoms with Crippen LogP contribution >= 0.6 is 15.9 Å². The van der Waals surface area contributed by atoms with Crippen LogP contribution in [-0.4, -0.2) is 6.04 Å². The number of rotatable bonds is 6. The van der Waals surface area contributed by atoms with E-state index in [0.717, 1.165) is 22.8 Å². The predicted molar refractivity (Wildman–Crippen MR) is 84.8 cm³/mol. The summed E-state index contributed by atoms with van der Waals surface area (Å²) in [4.78, 5) is 0. The van der Waals surface area contributed by atoms with Gasteiger partial charge in [0, 0.05) is 22.6 Å². The van der Waals surface area contributed by atoms with Crippen LogP contribution in [0.2, 0.25) is 0 Å². The third-order valence-corrected chi connectivity index (χ3v) is 3.97. The summed E-state index contributed by atoms with van der Waals surface area (Å²) in [5, 5.41) is 3.53. The van der Waals surface area contributed by atoms with Crippen LogP contribution in [0.1, 0.15) is 24.0 Å². The van der Waals surface area contributed by atoms with Crippen molar-refractivity contribution in [2.24, 2.45) is 0 Å². The number of hydrogen-bond donors (Lipinski definition) is 1. The maximum Gasteiger partial charge on any atom is 0.124 e. The largest absolute Gasteiger partial charge is 0.489 e. The van der Waals surface area contributed by atoms with Crippen LogP contribution in [0, 0.1) is 0 Å². The summed E-state index contributed by atoms with van der Waals surface area (Å²) >= 11 is 3.44. The number of ether oxygens (including phenoxy) is 1. The van der Waals surface area contributed by atoms with E-state index in [2.05, 4.69) is 45.5 Å². The fourth-order valence-corrected chi connectivity index (χ4v) is 2.34. The highest BCUT2D eigenvalue weighted by Gasteiger charge is 2.20. The van der Waals surface area contributed by atoms with E-state index < -0.39 is 0 Å². The molecule has 0 atom stereocenters. The van der Waals surface area contributed by atoms with Crippen LogP contribution in [0.3, 0.4) is 0 Å². The van der Waals surface area contributed by atoms with Gasteiger partial charge >= 0.3 is 0 Å². The molecule has 1 aliphatic rings. The van der Waals surface area contributed by atoms with Gasteiger partial charge in [-0.15, -0.1) is 0 Å². The summed E-state index contributed by atoms with van der Waals surface area (Å²) < 4.78 is 7.05. The Bertz CT molecular complexity index is 563. The molecule has 0 saturated heterocycles. The second kappa shape index (κ2) is 6.42. The molecule has 104 valence electrons. The molecule has 2 nitrogen and oxygen atoms in total. The molecule has 0 amide bonds. The maximum atomic E-state index is 5.96. The number of nitrogens with one attached hydrogen (secondary N) is 1. The van der Waals surface area contributed by atoms with Crippen molar-refractivity contribution in [2.75, 3.05) is 0 Å². The normalized spacial score (nSPS) is 14.2. The Balaban J connectivity index is 1.62. The first-order chi connectivity index (χ1) is 9.81. The summed E-state index contributed by atoms with van der Waals surface area (Å²) in [5.74, 6) is 0.976. The molecule has 0 unspecified atom stereocenters. The monoisotopic (exact) mass is 331 g/mol. The minimum atomic E-state index is 0.605. The molecule has 0 bridgehead atoms. The zero-order valence-electron chi connectivity index (χ0n) is 11.3. The zero-order chi connectivity index (χ0) is 13.8. The fraction of sp³-hybridized carbons (Fsp3) is 0.294. The summed E-state index contributed by atoms with van der Waals surface area (Å²) in [6, 6.07) is 17.2. The van der Waals surface area contributed by atoms with Crippen molar-refractivity contribution in [1.29, 1.82) is 0 Å². The van der Waals surface area contributed by atoms with Crippen molar-refractivity contribution < 1.29 is 4.74 Å². The minimum absolute atomic E-state index is 0.605. The molecule has 20 heavy (non-hydrogen) atoms. The molecule has 1 aliphatic carbocycles. The molecule has 0 heterocycles. The van der Waals surface area contributed by atoms with E-state index in [1.807, 2.05) is 24.3 Å². The lowest BCUT2D eigenvalue weighted by atomic mass is 10.2. The first-order valence-electron chi connectivity index (χ1n) is 7.00. The Hall–Kier alpha value is -1.32. The average molecular weight is 332 g/mol. The van der Waals surface area contributed by atoms with Crippen molar-refractivity contribution in [3.63, 3.8) is 0 Å². The molecular weight excluding hydrogens is 314 g/mol. The van der Waals surface area contributed by atoms with Crippen LogP contribution in [0.25, 0.3) is 0 Å². The first-order valence-corrected chi connectivity index (χ1v) is 7.79. The Morgan fingerprint density at radius 2 is 1.80 bits per heavy atom. The van der Waals surface area contributed by atoms with Gasteiger partial charge in [-0.05, 0) is 36.6 Å². The zero-order valence-corrected chi connectivity index (χ0v) is 12.9. The standard InChI is InChI=1S/C17H18BrNO/c18-15-7-5-13(6-8-15)12-20-17-4-2-1-3-14(17)11-19-16-9-10-16/h1-8,16,19H,9-12H2. The molecule has 0 aliphatic heterocycles. The van der Waals surface area contributed by atoms with Gasteiger partial charge in [-0.25, -0.2) is 0 Å². The van der Waals surface area contributed by atoms with E-state index in [1.165, 1.54) is 24.0 Å². The second-order valence-corrected chi connectivity index (χ2v) is 6.09. The van der Waals surface area contributed by atoms with Gasteiger partial charge in [0.05, 0.1) is 0 Å². The quantitative estimate of drug-likeness (QED) is 0.852. The second-order valence-electron chi connectivity index (χ2n) is 5.18. The van der Waals surface area contributed by atoms with Crippen molar-refractivity contribution >= 4 is 15.9 Å². The predicted octanol–water partition coefficient (Wildman–Crippen LogP) is 4.28. The van der Waals surface area contributed by atoms with Gasteiger partial charge in [-0.1, -0.05) is 46.3 Å². The summed E-state index contributed by atoms with van der Waals surface area (Å²) in [6.45, 7) is 1.49. The number of halogens is 1. The van der Waals surface area contributed by atoms with Crippen LogP contribution in [0.15, 0.2) is 53.0 Å². The molecule has 1 N–H and O–H groups in total. The lowest BCUT2D eigenvalue weighted by Crippen LogP contribution is -2.16. The SMILES string of the molecule is Brc1ccc(COc2ccccc2CNC2CC2)cc1. The molecular formula is C17H18BrNO. The van der Waals surface area contributed by atoms with Gasteiger partial charge in [-0.3, -0.25) is 0 Å². The molecule has 2 aromatic rings. The smallest absolute Gasteiger partial charge is 0.124 e. The van der Waals surface area contributed by atoms with Crippen LogP contribution in [0.5, 0.6) is 5.75 Å². The summed E-state index contributed by atoms with van der Waals surface area (Å²) in [7, 11) is 0. The van der Waals surface area contributed by atoms with Crippen molar-refractivity contribution in [3.8, 4) is 5.75 Å². The highest BCUT2D eigenvalue weighted by atomic mass is 79.9. The Labute approximate surface area is 128 Å². The van der Waals surface area contributed by atoms with Crippen molar-refractivity contribution in [3.05, 3.63) is 64.1 Å². The van der Waals surface area contributed by atoms with E-state index in [9.17, 15) is 0 Å². The molecule has 1 fully saturated rings. The number of para-hydroxylation sites is 1. The van der Waals surface area contributed by atoms with E-state index in [4.69, 9.17) is 4.74 Å². The lowest BCUT2D eigenvalue weighted by molar-refractivity contribution is 0.302. The van der Waals surface area contributed by atoms with E-state index in [-0.39, 0.29) is 0 Å². The van der Waals surface area contributed by atoms with Crippen molar-refractivity contribution in [2.45, 2.75) is 32.0 Å². The van der Waals surface area contributed by atoms with E-state index in [0.29, 0.717) is 6.61 Å². The molecule has 3 heteroatoms. The summed E-state index contributed by atoms with van der Waals surface area (Å²) in [6.07, 6.45) is 2.61. The third-order valence-electron chi connectivity index (χ3n) is 3.44. The van der Waals surface area contributed by atoms with Crippen LogP contribution < -0.4 is 10.1 Å². The van der Waals surface area contributed by atoms with Gasteiger partial charge in [0.1, 0.15) is 12.4 Å². The van der Waals surface area contributed by atoms with Gasteiger partial charge in [-0.2, -0.15) is 0 Å². The fourth-order valence-electron chi connectivity index (χ4n) is 2.07. The van der Waals surface area contributed by atoms with Gasteiger partial charge in [0.15, 0.2) is 0 Å². The highest BCUT2D eigenvalue weighted by Crippen LogP contribution is 2.23. The molecule has 3 rings (SSSR count). The first kappa shape index (κ1) is 13.7. The van der Waals surface area contributed by atoms with Gasteiger partial charge < -0.3 is 10.1 Å². The highest BCUT2D eigenvalue weighted by molar-refractivity contribution is 9.10. The molecule has 2 aromatic carbocycles. The van der Waals surface area contributed by atoms with Crippen LogP contribution in [-0.2, 0) is 13.2 Å². The van der Waals surface area contributed by atoms with Gasteiger partial charge in [0.25, 0.3) is 0 Å². The minimum Gasteiger partial charge on any atom is -0.489 e. The van der Waals surface area contributed by atoms with Gasteiger partial charge in [0.2, 0.25) is 0 Å².